The molecule has 1 unspecified atom stereocenters. The van der Waals surface area contributed by atoms with Crippen molar-refractivity contribution in [2.45, 2.75) is 53.5 Å². The summed E-state index contributed by atoms with van der Waals surface area (Å²) in [6.07, 6.45) is 3.75. The van der Waals surface area contributed by atoms with Gasteiger partial charge in [-0.25, -0.2) is 0 Å². The summed E-state index contributed by atoms with van der Waals surface area (Å²) in [5.41, 5.74) is 2.42. The van der Waals surface area contributed by atoms with Crippen LogP contribution in [0.15, 0.2) is 18.2 Å². The maximum atomic E-state index is 9.42. The lowest BCUT2D eigenvalue weighted by molar-refractivity contribution is 0.404. The van der Waals surface area contributed by atoms with Gasteiger partial charge in [-0.3, -0.25) is 0 Å². The van der Waals surface area contributed by atoms with E-state index < -0.39 is 0 Å². The molecular weight excluding hydrogens is 272 g/mol. The van der Waals surface area contributed by atoms with Crippen LogP contribution in [0.5, 0.6) is 5.75 Å². The van der Waals surface area contributed by atoms with Gasteiger partial charge in [0.15, 0.2) is 0 Å². The third-order valence-corrected chi connectivity index (χ3v) is 4.23. The summed E-state index contributed by atoms with van der Waals surface area (Å²) in [4.78, 5) is 0. The lowest BCUT2D eigenvalue weighted by Crippen LogP contribution is -2.24. The van der Waals surface area contributed by atoms with Gasteiger partial charge in [-0.2, -0.15) is 0 Å². The molecule has 0 heterocycles. The summed E-state index contributed by atoms with van der Waals surface area (Å²) in [5.74, 6) is 1.88. The summed E-state index contributed by atoms with van der Waals surface area (Å²) in [5, 5.41) is 16.5. The molecule has 0 aromatic heterocycles. The van der Waals surface area contributed by atoms with Crippen molar-refractivity contribution >= 4 is 0 Å². The van der Waals surface area contributed by atoms with Crippen LogP contribution in [0.4, 0.5) is 0 Å². The molecule has 126 valence electrons. The predicted octanol–water partition coefficient (Wildman–Crippen LogP) is 3.84. The number of nitrogens with one attached hydrogen (secondary N) is 2. The molecule has 3 N–H and O–H groups in total. The fourth-order valence-electron chi connectivity index (χ4n) is 2.66. The van der Waals surface area contributed by atoms with Crippen molar-refractivity contribution in [3.63, 3.8) is 0 Å². The van der Waals surface area contributed by atoms with Crippen molar-refractivity contribution in [3.8, 4) is 5.75 Å². The Bertz CT molecular complexity index is 418. The minimum Gasteiger partial charge on any atom is -0.508 e. The van der Waals surface area contributed by atoms with E-state index in [1.165, 1.54) is 24.8 Å². The molecule has 0 radical (unpaired) electrons. The Morgan fingerprint density at radius 1 is 1.09 bits per heavy atom. The Balaban J connectivity index is 2.18. The van der Waals surface area contributed by atoms with E-state index in [9.17, 15) is 5.11 Å². The van der Waals surface area contributed by atoms with Crippen LogP contribution in [0, 0.1) is 18.8 Å². The Hall–Kier alpha value is -1.06. The smallest absolute Gasteiger partial charge is 0.115 e. The molecule has 3 heteroatoms. The number of hydrogen-bond donors (Lipinski definition) is 3. The number of rotatable bonds is 11. The second kappa shape index (κ2) is 10.6. The van der Waals surface area contributed by atoms with Crippen LogP contribution in [0.3, 0.4) is 0 Å². The first-order valence-electron chi connectivity index (χ1n) is 8.72. The Morgan fingerprint density at radius 3 is 2.36 bits per heavy atom. The standard InChI is InChI=1S/C19H34N2O/c1-5-17(8-10-20-13-15(2)3)9-11-21-14-18-6-7-19(22)12-16(18)4/h6-7,12,15,17,20-22H,5,8-11,13-14H2,1-4H3. The highest BCUT2D eigenvalue weighted by Gasteiger charge is 2.06. The van der Waals surface area contributed by atoms with Gasteiger partial charge in [-0.05, 0) is 74.5 Å². The molecule has 0 amide bonds. The van der Waals surface area contributed by atoms with Gasteiger partial charge in [0.1, 0.15) is 5.75 Å². The van der Waals surface area contributed by atoms with Gasteiger partial charge in [0, 0.05) is 6.54 Å². The molecule has 3 nitrogen and oxygen atoms in total. The van der Waals surface area contributed by atoms with Gasteiger partial charge in [0.25, 0.3) is 0 Å². The zero-order valence-corrected chi connectivity index (χ0v) is 14.8. The maximum absolute atomic E-state index is 9.42. The molecule has 0 aliphatic heterocycles. The van der Waals surface area contributed by atoms with Crippen LogP contribution in [-0.4, -0.2) is 24.7 Å². The van der Waals surface area contributed by atoms with Gasteiger partial charge in [-0.15, -0.1) is 0 Å². The third-order valence-electron chi connectivity index (χ3n) is 4.23. The van der Waals surface area contributed by atoms with Crippen LogP contribution >= 0.6 is 0 Å². The zero-order chi connectivity index (χ0) is 16.4. The second-order valence-electron chi connectivity index (χ2n) is 6.74. The van der Waals surface area contributed by atoms with Crippen molar-refractivity contribution in [1.82, 2.24) is 10.6 Å². The molecule has 0 saturated heterocycles. The molecule has 1 atom stereocenters. The van der Waals surface area contributed by atoms with E-state index in [1.807, 2.05) is 19.1 Å². The van der Waals surface area contributed by atoms with Gasteiger partial charge in [-0.1, -0.05) is 33.3 Å². The fourth-order valence-corrected chi connectivity index (χ4v) is 2.66. The lowest BCUT2D eigenvalue weighted by Gasteiger charge is -2.16. The fraction of sp³-hybridized carbons (Fsp3) is 0.684. The van der Waals surface area contributed by atoms with E-state index >= 15 is 0 Å². The first-order chi connectivity index (χ1) is 10.5. The van der Waals surface area contributed by atoms with E-state index in [2.05, 4.69) is 31.4 Å². The molecule has 0 aliphatic carbocycles. The van der Waals surface area contributed by atoms with Crippen molar-refractivity contribution in [1.29, 1.82) is 0 Å². The number of phenols is 1. The van der Waals surface area contributed by atoms with E-state index in [0.717, 1.165) is 43.6 Å². The maximum Gasteiger partial charge on any atom is 0.115 e. The largest absolute Gasteiger partial charge is 0.508 e. The number of hydrogen-bond acceptors (Lipinski definition) is 3. The monoisotopic (exact) mass is 306 g/mol. The minimum atomic E-state index is 0.348. The summed E-state index contributed by atoms with van der Waals surface area (Å²) in [6.45, 7) is 13.0. The molecule has 0 bridgehead atoms. The predicted molar refractivity (Wildman–Crippen MR) is 95.3 cm³/mol. The van der Waals surface area contributed by atoms with E-state index in [4.69, 9.17) is 0 Å². The molecule has 0 fully saturated rings. The first kappa shape index (κ1) is 19.0. The summed E-state index contributed by atoms with van der Waals surface area (Å²) < 4.78 is 0. The van der Waals surface area contributed by atoms with Crippen molar-refractivity contribution in [3.05, 3.63) is 29.3 Å². The number of benzene rings is 1. The van der Waals surface area contributed by atoms with Crippen LogP contribution in [0.2, 0.25) is 0 Å². The SMILES string of the molecule is CCC(CCNCc1ccc(O)cc1C)CCNCC(C)C. The first-order valence-corrected chi connectivity index (χ1v) is 8.72. The highest BCUT2D eigenvalue weighted by atomic mass is 16.3. The van der Waals surface area contributed by atoms with Crippen LogP contribution in [0.25, 0.3) is 0 Å². The molecule has 0 spiro atoms. The summed E-state index contributed by atoms with van der Waals surface area (Å²) in [7, 11) is 0. The quantitative estimate of drug-likeness (QED) is 0.544. The van der Waals surface area contributed by atoms with Crippen LogP contribution in [0.1, 0.15) is 51.2 Å². The normalized spacial score (nSPS) is 12.8. The highest BCUT2D eigenvalue weighted by molar-refractivity contribution is 5.33. The summed E-state index contributed by atoms with van der Waals surface area (Å²) >= 11 is 0. The Morgan fingerprint density at radius 2 is 1.77 bits per heavy atom. The third kappa shape index (κ3) is 7.81. The van der Waals surface area contributed by atoms with E-state index in [0.29, 0.717) is 5.75 Å². The van der Waals surface area contributed by atoms with Gasteiger partial charge >= 0.3 is 0 Å². The van der Waals surface area contributed by atoms with Crippen LogP contribution < -0.4 is 10.6 Å². The Kier molecular flexibility index (Phi) is 9.17. The molecule has 1 aromatic rings. The molecule has 0 saturated carbocycles. The summed E-state index contributed by atoms with van der Waals surface area (Å²) in [6, 6.07) is 5.59. The van der Waals surface area contributed by atoms with E-state index in [1.54, 1.807) is 6.07 Å². The zero-order valence-electron chi connectivity index (χ0n) is 14.8. The van der Waals surface area contributed by atoms with Crippen molar-refractivity contribution in [2.75, 3.05) is 19.6 Å². The lowest BCUT2D eigenvalue weighted by atomic mass is 9.98. The topological polar surface area (TPSA) is 44.3 Å². The second-order valence-corrected chi connectivity index (χ2v) is 6.74. The number of phenolic OH excluding ortho intramolecular Hbond substituents is 1. The molecular formula is C19H34N2O. The average Bonchev–Trinajstić information content (AvgIpc) is 2.47. The van der Waals surface area contributed by atoms with Gasteiger partial charge < -0.3 is 15.7 Å². The number of aryl methyl sites for hydroxylation is 1. The van der Waals surface area contributed by atoms with Gasteiger partial charge in [0.05, 0.1) is 0 Å². The Labute approximate surface area is 136 Å². The number of aromatic hydroxyl groups is 1. The van der Waals surface area contributed by atoms with Gasteiger partial charge in [0.2, 0.25) is 0 Å². The van der Waals surface area contributed by atoms with Crippen molar-refractivity contribution < 1.29 is 5.11 Å². The van der Waals surface area contributed by atoms with Crippen molar-refractivity contribution in [2.24, 2.45) is 11.8 Å². The molecule has 22 heavy (non-hydrogen) atoms. The highest BCUT2D eigenvalue weighted by Crippen LogP contribution is 2.16. The average molecular weight is 306 g/mol. The molecule has 0 aliphatic rings. The molecule has 1 aromatic carbocycles. The van der Waals surface area contributed by atoms with E-state index in [-0.39, 0.29) is 0 Å². The molecule has 1 rings (SSSR count). The minimum absolute atomic E-state index is 0.348. The van der Waals surface area contributed by atoms with Crippen LogP contribution in [-0.2, 0) is 6.54 Å².